The molecule has 25 heavy (non-hydrogen) atoms. The van der Waals surface area contributed by atoms with Gasteiger partial charge in [0.15, 0.2) is 5.11 Å². The highest BCUT2D eigenvalue weighted by atomic mass is 35.5. The van der Waals surface area contributed by atoms with Gasteiger partial charge in [0.2, 0.25) is 0 Å². The first-order valence-electron chi connectivity index (χ1n) is 7.95. The van der Waals surface area contributed by atoms with Gasteiger partial charge in [-0.15, -0.1) is 11.3 Å². The molecule has 1 fully saturated rings. The van der Waals surface area contributed by atoms with E-state index in [0.717, 1.165) is 11.4 Å². The maximum absolute atomic E-state index is 6.07. The zero-order chi connectivity index (χ0) is 17.4. The zero-order valence-corrected chi connectivity index (χ0v) is 15.9. The van der Waals surface area contributed by atoms with Gasteiger partial charge in [-0.25, -0.2) is 0 Å². The second-order valence-electron chi connectivity index (χ2n) is 5.94. The first kappa shape index (κ1) is 16.5. The average Bonchev–Trinajstić information content (AvgIpc) is 3.19. The van der Waals surface area contributed by atoms with Crippen LogP contribution in [-0.4, -0.2) is 10.1 Å². The Hall–Kier alpha value is -1.95. The molecule has 6 heteroatoms. The lowest BCUT2D eigenvalue weighted by Crippen LogP contribution is -2.29. The summed E-state index contributed by atoms with van der Waals surface area (Å²) < 4.78 is 0. The van der Waals surface area contributed by atoms with Gasteiger partial charge in [-0.2, -0.15) is 0 Å². The summed E-state index contributed by atoms with van der Waals surface area (Å²) in [6, 6.07) is 16.0. The Morgan fingerprint density at radius 1 is 1.16 bits per heavy atom. The van der Waals surface area contributed by atoms with Gasteiger partial charge in [0.1, 0.15) is 0 Å². The third kappa shape index (κ3) is 3.03. The van der Waals surface area contributed by atoms with E-state index >= 15 is 0 Å². The van der Waals surface area contributed by atoms with Crippen LogP contribution in [0, 0.1) is 6.92 Å². The molecule has 0 radical (unpaired) electrons. The second kappa shape index (κ2) is 6.75. The Balaban J connectivity index is 1.83. The number of rotatable bonds is 3. The highest BCUT2D eigenvalue weighted by Gasteiger charge is 2.41. The molecule has 3 aromatic rings. The molecule has 4 rings (SSSR count). The van der Waals surface area contributed by atoms with Crippen LogP contribution in [-0.2, 0) is 0 Å². The Labute approximate surface area is 161 Å². The Morgan fingerprint density at radius 2 is 1.96 bits per heavy atom. The number of thiocarbonyl (C=S) groups is 1. The molecule has 1 aliphatic rings. The summed E-state index contributed by atoms with van der Waals surface area (Å²) in [5.41, 5.74) is 3.28. The first-order valence-corrected chi connectivity index (χ1v) is 9.62. The van der Waals surface area contributed by atoms with E-state index in [1.807, 2.05) is 48.7 Å². The number of anilines is 1. The number of halogens is 1. The van der Waals surface area contributed by atoms with E-state index < -0.39 is 0 Å². The van der Waals surface area contributed by atoms with Crippen molar-refractivity contribution >= 4 is 46.0 Å². The number of benzene rings is 1. The number of nitrogens with zero attached hydrogens (tertiary/aromatic N) is 2. The van der Waals surface area contributed by atoms with Crippen molar-refractivity contribution in [3.05, 3.63) is 81.3 Å². The minimum absolute atomic E-state index is 0.00160. The molecule has 1 aromatic carbocycles. The van der Waals surface area contributed by atoms with E-state index in [1.54, 1.807) is 11.3 Å². The van der Waals surface area contributed by atoms with Crippen LogP contribution >= 0.6 is 35.2 Å². The van der Waals surface area contributed by atoms with Crippen LogP contribution in [0.25, 0.3) is 0 Å². The van der Waals surface area contributed by atoms with Crippen LogP contribution in [0.5, 0.6) is 0 Å². The topological polar surface area (TPSA) is 28.2 Å². The fraction of sp³-hybridized carbons (Fsp3) is 0.158. The summed E-state index contributed by atoms with van der Waals surface area (Å²) in [5.74, 6) is 0. The van der Waals surface area contributed by atoms with E-state index in [2.05, 4.69) is 33.6 Å². The normalized spacial score (nSPS) is 19.9. The molecule has 1 aliphatic heterocycles. The molecule has 1 N–H and O–H groups in total. The molecule has 0 amide bonds. The molecule has 3 heterocycles. The summed E-state index contributed by atoms with van der Waals surface area (Å²) in [4.78, 5) is 8.02. The lowest BCUT2D eigenvalue weighted by Gasteiger charge is -2.27. The third-order valence-electron chi connectivity index (χ3n) is 4.37. The highest BCUT2D eigenvalue weighted by Crippen LogP contribution is 2.44. The van der Waals surface area contributed by atoms with Gasteiger partial charge < -0.3 is 10.2 Å². The summed E-state index contributed by atoms with van der Waals surface area (Å²) in [7, 11) is 0. The Morgan fingerprint density at radius 3 is 2.60 bits per heavy atom. The summed E-state index contributed by atoms with van der Waals surface area (Å²) in [6.07, 6.45) is 1.82. The van der Waals surface area contributed by atoms with Crippen LogP contribution in [0.2, 0.25) is 5.02 Å². The van der Waals surface area contributed by atoms with Crippen molar-refractivity contribution in [1.82, 2.24) is 10.3 Å². The van der Waals surface area contributed by atoms with Crippen molar-refractivity contribution in [2.45, 2.75) is 19.0 Å². The molecule has 0 bridgehead atoms. The smallest absolute Gasteiger partial charge is 0.174 e. The van der Waals surface area contributed by atoms with Crippen LogP contribution < -0.4 is 10.2 Å². The predicted molar refractivity (Wildman–Crippen MR) is 108 cm³/mol. The molecule has 2 unspecified atom stereocenters. The molecule has 3 nitrogen and oxygen atoms in total. The molecule has 1 saturated heterocycles. The molecular weight excluding hydrogens is 370 g/mol. The van der Waals surface area contributed by atoms with Gasteiger partial charge in [0.25, 0.3) is 0 Å². The van der Waals surface area contributed by atoms with Gasteiger partial charge in [-0.05, 0) is 72.5 Å². The lowest BCUT2D eigenvalue weighted by molar-refractivity contribution is 0.573. The number of pyridine rings is 1. The van der Waals surface area contributed by atoms with Crippen molar-refractivity contribution < 1.29 is 0 Å². The Kier molecular flexibility index (Phi) is 4.46. The van der Waals surface area contributed by atoms with Gasteiger partial charge in [0.05, 0.1) is 17.8 Å². The molecule has 2 atom stereocenters. The number of aromatic nitrogens is 1. The summed E-state index contributed by atoms with van der Waals surface area (Å²) in [6.45, 7) is 2.14. The van der Waals surface area contributed by atoms with Crippen LogP contribution in [0.1, 0.15) is 28.2 Å². The third-order valence-corrected chi connectivity index (χ3v) is 6.03. The fourth-order valence-electron chi connectivity index (χ4n) is 3.19. The number of thiophene rings is 1. The largest absolute Gasteiger partial charge is 0.351 e. The van der Waals surface area contributed by atoms with E-state index in [4.69, 9.17) is 23.8 Å². The van der Waals surface area contributed by atoms with Gasteiger partial charge >= 0.3 is 0 Å². The van der Waals surface area contributed by atoms with Gasteiger partial charge in [-0.3, -0.25) is 4.98 Å². The van der Waals surface area contributed by atoms with Crippen LogP contribution in [0.15, 0.2) is 60.1 Å². The molecule has 0 spiro atoms. The van der Waals surface area contributed by atoms with Crippen molar-refractivity contribution in [1.29, 1.82) is 0 Å². The maximum Gasteiger partial charge on any atom is 0.174 e. The number of aryl methyl sites for hydroxylation is 1. The minimum Gasteiger partial charge on any atom is -0.351 e. The quantitative estimate of drug-likeness (QED) is 0.620. The lowest BCUT2D eigenvalue weighted by atomic mass is 10.0. The number of hydrogen-bond donors (Lipinski definition) is 1. The SMILES string of the molecule is Cc1ccsc1C1C(c2ccccn2)NC(=S)N1c1ccc(Cl)cc1. The van der Waals surface area contributed by atoms with E-state index in [0.29, 0.717) is 10.1 Å². The Bertz CT molecular complexity index is 893. The van der Waals surface area contributed by atoms with E-state index in [9.17, 15) is 0 Å². The number of nitrogens with one attached hydrogen (secondary N) is 1. The molecule has 126 valence electrons. The van der Waals surface area contributed by atoms with E-state index in [1.165, 1.54) is 10.4 Å². The molecule has 0 aliphatic carbocycles. The fourth-order valence-corrected chi connectivity index (χ4v) is 4.71. The highest BCUT2D eigenvalue weighted by molar-refractivity contribution is 7.80. The first-order chi connectivity index (χ1) is 12.1. The number of hydrogen-bond acceptors (Lipinski definition) is 3. The molecule has 2 aromatic heterocycles. The van der Waals surface area contributed by atoms with Crippen LogP contribution in [0.3, 0.4) is 0 Å². The summed E-state index contributed by atoms with van der Waals surface area (Å²) >= 11 is 13.5. The average molecular weight is 386 g/mol. The second-order valence-corrected chi connectivity index (χ2v) is 7.71. The van der Waals surface area contributed by atoms with Gasteiger partial charge in [-0.1, -0.05) is 17.7 Å². The standard InChI is InChI=1S/C19H16ClN3S2/c1-12-9-11-25-18(12)17-16(15-4-2-3-10-21-15)22-19(24)23(17)14-7-5-13(20)6-8-14/h2-11,16-17H,1H3,(H,22,24). The monoisotopic (exact) mass is 385 g/mol. The van der Waals surface area contributed by atoms with Gasteiger partial charge in [0, 0.05) is 21.8 Å². The van der Waals surface area contributed by atoms with Crippen molar-refractivity contribution in [3.8, 4) is 0 Å². The van der Waals surface area contributed by atoms with Crippen molar-refractivity contribution in [2.24, 2.45) is 0 Å². The minimum atomic E-state index is 0.00160. The summed E-state index contributed by atoms with van der Waals surface area (Å²) in [5, 5.41) is 7.01. The van der Waals surface area contributed by atoms with Crippen LogP contribution in [0.4, 0.5) is 5.69 Å². The van der Waals surface area contributed by atoms with E-state index in [-0.39, 0.29) is 12.1 Å². The van der Waals surface area contributed by atoms with Crippen molar-refractivity contribution in [3.63, 3.8) is 0 Å². The molecule has 0 saturated carbocycles. The zero-order valence-electron chi connectivity index (χ0n) is 13.5. The van der Waals surface area contributed by atoms with Crippen molar-refractivity contribution in [2.75, 3.05) is 4.90 Å². The molecular formula is C19H16ClN3S2. The maximum atomic E-state index is 6.07. The predicted octanol–water partition coefficient (Wildman–Crippen LogP) is 5.28.